The van der Waals surface area contributed by atoms with Crippen LogP contribution in [0.3, 0.4) is 0 Å². The molecule has 9 N–H and O–H groups in total. The lowest BCUT2D eigenvalue weighted by atomic mass is 9.86. The number of allylic oxidation sites excluding steroid dienone is 1. The van der Waals surface area contributed by atoms with Crippen LogP contribution in [-0.2, 0) is 14.2 Å². The minimum atomic E-state index is -1.84. The molecule has 0 aliphatic carbocycles. The first-order valence-corrected chi connectivity index (χ1v) is 13.0. The maximum Gasteiger partial charge on any atom is 0.314 e. The smallest absolute Gasteiger partial charge is 0.314 e. The predicted octanol–water partition coefficient (Wildman–Crippen LogP) is -0.689. The number of rotatable bonds is 10. The highest BCUT2D eigenvalue weighted by molar-refractivity contribution is 5.74. The van der Waals surface area contributed by atoms with Gasteiger partial charge in [-0.05, 0) is 18.8 Å². The van der Waals surface area contributed by atoms with E-state index in [-0.39, 0.29) is 31.1 Å². The Kier molecular flexibility index (Phi) is 11.7. The van der Waals surface area contributed by atoms with Crippen molar-refractivity contribution in [1.82, 2.24) is 10.6 Å². The van der Waals surface area contributed by atoms with Crippen LogP contribution in [0.5, 0.6) is 0 Å². The Morgan fingerprint density at radius 1 is 1.19 bits per heavy atom. The van der Waals surface area contributed by atoms with Gasteiger partial charge in [0.15, 0.2) is 12.1 Å². The second-order valence-electron chi connectivity index (χ2n) is 10.9. The van der Waals surface area contributed by atoms with E-state index in [1.165, 1.54) is 7.05 Å². The van der Waals surface area contributed by atoms with E-state index < -0.39 is 72.9 Å². The average molecular weight is 534 g/mol. The number of hydrogen-bond donors (Lipinski definition) is 8. The second-order valence-corrected chi connectivity index (χ2v) is 10.9. The molecule has 216 valence electrons. The molecule has 12 heteroatoms. The van der Waals surface area contributed by atoms with Crippen LogP contribution in [-0.4, -0.2) is 106 Å². The van der Waals surface area contributed by atoms with E-state index in [1.54, 1.807) is 26.8 Å². The fraction of sp³-hybridized carbons (Fsp3) is 0.880. The Morgan fingerprint density at radius 2 is 1.84 bits per heavy atom. The van der Waals surface area contributed by atoms with Crippen LogP contribution >= 0.6 is 0 Å². The molecule has 0 aromatic rings. The van der Waals surface area contributed by atoms with Gasteiger partial charge in [0, 0.05) is 26.3 Å². The number of amides is 2. The summed E-state index contributed by atoms with van der Waals surface area (Å²) in [6, 6.07) is -2.43. The summed E-state index contributed by atoms with van der Waals surface area (Å²) in [7, 11) is 1.44. The third-order valence-electron chi connectivity index (χ3n) is 6.92. The Hall–Kier alpha value is -1.35. The highest BCUT2D eigenvalue weighted by Gasteiger charge is 2.49. The van der Waals surface area contributed by atoms with E-state index >= 15 is 0 Å². The van der Waals surface area contributed by atoms with Crippen LogP contribution in [0.25, 0.3) is 0 Å². The van der Waals surface area contributed by atoms with Gasteiger partial charge in [0.2, 0.25) is 0 Å². The Morgan fingerprint density at radius 3 is 2.41 bits per heavy atom. The molecule has 2 saturated heterocycles. The lowest BCUT2D eigenvalue weighted by Gasteiger charge is -2.46. The van der Waals surface area contributed by atoms with Crippen molar-refractivity contribution in [2.75, 3.05) is 7.05 Å². The van der Waals surface area contributed by atoms with Crippen molar-refractivity contribution < 1.29 is 44.5 Å². The van der Waals surface area contributed by atoms with Gasteiger partial charge < -0.3 is 56.1 Å². The first-order valence-electron chi connectivity index (χ1n) is 13.0. The van der Waals surface area contributed by atoms with Gasteiger partial charge in [-0.25, -0.2) is 4.79 Å². The van der Waals surface area contributed by atoms with Crippen molar-refractivity contribution >= 4 is 6.03 Å². The Labute approximate surface area is 219 Å². The number of aliphatic hydroxyl groups is 5. The predicted molar refractivity (Wildman–Crippen MR) is 135 cm³/mol. The summed E-state index contributed by atoms with van der Waals surface area (Å²) in [5, 5.41) is 58.3. The summed E-state index contributed by atoms with van der Waals surface area (Å²) in [5.41, 5.74) is 5.95. The second kappa shape index (κ2) is 13.6. The summed E-state index contributed by atoms with van der Waals surface area (Å²) in [5.74, 6) is -1.84. The van der Waals surface area contributed by atoms with Crippen molar-refractivity contribution in [3.8, 4) is 0 Å². The van der Waals surface area contributed by atoms with Gasteiger partial charge in [-0.3, -0.25) is 0 Å². The molecule has 7 unspecified atom stereocenters. The molecule has 2 amide bonds. The Balaban J connectivity index is 2.32. The molecule has 0 spiro atoms. The molecular weight excluding hydrogens is 486 g/mol. The number of hydrogen-bond acceptors (Lipinski definition) is 10. The van der Waals surface area contributed by atoms with E-state index in [1.807, 2.05) is 19.9 Å². The lowest BCUT2D eigenvalue weighted by molar-refractivity contribution is -0.303. The molecule has 0 aromatic carbocycles. The first-order chi connectivity index (χ1) is 17.2. The number of carbonyl (C=O) groups excluding carboxylic acids is 1. The van der Waals surface area contributed by atoms with Crippen LogP contribution in [0.1, 0.15) is 53.9 Å². The quantitative estimate of drug-likeness (QED) is 0.166. The summed E-state index contributed by atoms with van der Waals surface area (Å²) in [6.07, 6.45) is -4.64. The minimum absolute atomic E-state index is 0.0494. The summed E-state index contributed by atoms with van der Waals surface area (Å²) in [4.78, 5) is 12.1. The van der Waals surface area contributed by atoms with Gasteiger partial charge in [-0.2, -0.15) is 0 Å². The molecule has 2 heterocycles. The van der Waals surface area contributed by atoms with E-state index in [2.05, 4.69) is 10.6 Å². The first kappa shape index (κ1) is 31.9. The largest absolute Gasteiger partial charge is 0.393 e. The molecular formula is C25H47N3O9. The summed E-state index contributed by atoms with van der Waals surface area (Å²) in [6.45, 7) is 9.17. The van der Waals surface area contributed by atoms with Gasteiger partial charge in [0.1, 0.15) is 6.10 Å². The lowest BCUT2D eigenvalue weighted by Crippen LogP contribution is -2.63. The van der Waals surface area contributed by atoms with Gasteiger partial charge in [-0.15, -0.1) is 0 Å². The van der Waals surface area contributed by atoms with Crippen molar-refractivity contribution in [3.63, 3.8) is 0 Å². The summed E-state index contributed by atoms with van der Waals surface area (Å²) < 4.78 is 17.8. The number of carbonyl (C=O) groups is 1. The number of nitrogens with two attached hydrogens (primary N) is 1. The zero-order valence-electron chi connectivity index (χ0n) is 22.7. The van der Waals surface area contributed by atoms with Crippen LogP contribution < -0.4 is 16.4 Å². The zero-order chi connectivity index (χ0) is 28.1. The summed E-state index contributed by atoms with van der Waals surface area (Å²) >= 11 is 0. The fourth-order valence-electron chi connectivity index (χ4n) is 4.51. The van der Waals surface area contributed by atoms with Gasteiger partial charge in [0.25, 0.3) is 0 Å². The molecule has 0 bridgehead atoms. The minimum Gasteiger partial charge on any atom is -0.393 e. The van der Waals surface area contributed by atoms with Crippen molar-refractivity contribution in [2.24, 2.45) is 17.6 Å². The molecule has 0 saturated carbocycles. The maximum absolute atomic E-state index is 12.1. The molecule has 2 fully saturated rings. The molecule has 2 rings (SSSR count). The molecule has 37 heavy (non-hydrogen) atoms. The average Bonchev–Trinajstić information content (AvgIpc) is 2.81. The van der Waals surface area contributed by atoms with Crippen molar-refractivity contribution in [3.05, 3.63) is 12.2 Å². The van der Waals surface area contributed by atoms with Crippen LogP contribution in [0.15, 0.2) is 12.2 Å². The maximum atomic E-state index is 12.1. The molecule has 12 nitrogen and oxygen atoms in total. The number of ether oxygens (including phenoxy) is 3. The van der Waals surface area contributed by atoms with E-state index in [0.29, 0.717) is 0 Å². The van der Waals surface area contributed by atoms with E-state index in [9.17, 15) is 30.3 Å². The molecule has 2 aliphatic heterocycles. The van der Waals surface area contributed by atoms with Gasteiger partial charge in [-0.1, -0.05) is 39.8 Å². The molecule has 0 radical (unpaired) electrons. The standard InChI is InChI=1S/C25H47N3O9/c1-12(2)7-8-15(36-23-22(32)19(26)21(31)14(5)35-23)9-18-20(28-24(33)27-6)17(30)11-25(34,37-18)10-16(29)13(3)4/h7-8,12-23,29-32,34H,9-11,26H2,1-6H3,(H2,27,28,33)/b8-7+/t14?,15-,16+,17?,18?,19?,20+,21?,22?,23?,25+/m0/s1. The SMILES string of the molecule is CNC(=O)N[C@@H]1C(O)C[C@@](O)(C[C@@H](O)C(C)C)OC1C[C@H](/C=C/C(C)C)OC1OC(C)C(O)C(N)C1O. The van der Waals surface area contributed by atoms with E-state index in [4.69, 9.17) is 19.9 Å². The molecule has 11 atom stereocenters. The van der Waals surface area contributed by atoms with Crippen LogP contribution in [0, 0.1) is 11.8 Å². The normalized spacial score (nSPS) is 38.6. The van der Waals surface area contributed by atoms with Crippen LogP contribution in [0.2, 0.25) is 0 Å². The molecule has 0 aromatic heterocycles. The number of urea groups is 1. The van der Waals surface area contributed by atoms with Gasteiger partial charge >= 0.3 is 6.03 Å². The van der Waals surface area contributed by atoms with Crippen LogP contribution in [0.4, 0.5) is 4.79 Å². The van der Waals surface area contributed by atoms with Crippen molar-refractivity contribution in [1.29, 1.82) is 0 Å². The van der Waals surface area contributed by atoms with Crippen molar-refractivity contribution in [2.45, 2.75) is 121 Å². The Bertz CT molecular complexity index is 755. The van der Waals surface area contributed by atoms with Gasteiger partial charge in [0.05, 0.1) is 48.7 Å². The molecule has 2 aliphatic rings. The van der Waals surface area contributed by atoms with E-state index in [0.717, 1.165) is 0 Å². The third-order valence-corrected chi connectivity index (χ3v) is 6.92. The monoisotopic (exact) mass is 533 g/mol. The number of nitrogens with one attached hydrogen (secondary N) is 2. The highest BCUT2D eigenvalue weighted by Crippen LogP contribution is 2.35. The fourth-order valence-corrected chi connectivity index (χ4v) is 4.51. The highest BCUT2D eigenvalue weighted by atomic mass is 16.7. The third kappa shape index (κ3) is 8.84. The number of aliphatic hydroxyl groups excluding tert-OH is 4. The topological polar surface area (TPSA) is 196 Å². The zero-order valence-corrected chi connectivity index (χ0v) is 22.7.